The highest BCUT2D eigenvalue weighted by Gasteiger charge is 2.12. The van der Waals surface area contributed by atoms with Gasteiger partial charge in [0.2, 0.25) is 5.91 Å². The Morgan fingerprint density at radius 1 is 1.19 bits per heavy atom. The molecular weight excluding hydrogens is 260 g/mol. The minimum Gasteiger partial charge on any atom is -0.353 e. The molecule has 21 heavy (non-hydrogen) atoms. The normalized spacial score (nSPS) is 12.1. The Morgan fingerprint density at radius 3 is 2.33 bits per heavy atom. The summed E-state index contributed by atoms with van der Waals surface area (Å²) in [5.41, 5.74) is 2.51. The van der Waals surface area contributed by atoms with Crippen LogP contribution in [0.3, 0.4) is 0 Å². The summed E-state index contributed by atoms with van der Waals surface area (Å²) < 4.78 is 0. The molecule has 0 unspecified atom stereocenters. The lowest BCUT2D eigenvalue weighted by molar-refractivity contribution is -0.116. The van der Waals surface area contributed by atoms with Gasteiger partial charge in [-0.05, 0) is 49.7 Å². The molecule has 1 amide bonds. The van der Waals surface area contributed by atoms with Crippen molar-refractivity contribution >= 4 is 12.0 Å². The summed E-state index contributed by atoms with van der Waals surface area (Å²) in [4.78, 5) is 13.8. The zero-order chi connectivity index (χ0) is 15.9. The van der Waals surface area contributed by atoms with E-state index in [4.69, 9.17) is 0 Å². The molecule has 1 aromatic rings. The van der Waals surface area contributed by atoms with Gasteiger partial charge in [0.05, 0.1) is 0 Å². The van der Waals surface area contributed by atoms with Crippen LogP contribution in [0.2, 0.25) is 0 Å². The summed E-state index contributed by atoms with van der Waals surface area (Å²) in [5, 5.41) is 2.89. The molecule has 0 fully saturated rings. The Labute approximate surface area is 129 Å². The predicted molar refractivity (Wildman–Crippen MR) is 90.4 cm³/mol. The van der Waals surface area contributed by atoms with Crippen LogP contribution in [0.4, 0.5) is 0 Å². The van der Waals surface area contributed by atoms with Crippen molar-refractivity contribution in [2.75, 3.05) is 27.2 Å². The number of rotatable bonds is 6. The van der Waals surface area contributed by atoms with Gasteiger partial charge in [0, 0.05) is 12.6 Å². The van der Waals surface area contributed by atoms with Crippen molar-refractivity contribution in [3.63, 3.8) is 0 Å². The van der Waals surface area contributed by atoms with Crippen LogP contribution in [0.1, 0.15) is 38.3 Å². The number of nitrogens with zero attached hydrogens (tertiary/aromatic N) is 1. The lowest BCUT2D eigenvalue weighted by Crippen LogP contribution is -2.25. The summed E-state index contributed by atoms with van der Waals surface area (Å²) in [5.74, 6) is -0.0337. The van der Waals surface area contributed by atoms with Crippen molar-refractivity contribution < 1.29 is 4.79 Å². The molecule has 0 bridgehead atoms. The highest BCUT2D eigenvalue weighted by atomic mass is 16.1. The van der Waals surface area contributed by atoms with Crippen LogP contribution in [-0.2, 0) is 10.2 Å². The van der Waals surface area contributed by atoms with Crippen molar-refractivity contribution in [3.8, 4) is 0 Å². The molecule has 1 aromatic carbocycles. The van der Waals surface area contributed by atoms with Gasteiger partial charge in [0.1, 0.15) is 0 Å². The van der Waals surface area contributed by atoms with Crippen molar-refractivity contribution in [1.29, 1.82) is 0 Å². The zero-order valence-corrected chi connectivity index (χ0v) is 13.9. The first-order valence-electron chi connectivity index (χ1n) is 7.50. The maximum absolute atomic E-state index is 11.7. The second-order valence-electron chi connectivity index (χ2n) is 6.65. The third kappa shape index (κ3) is 7.09. The smallest absolute Gasteiger partial charge is 0.243 e. The molecule has 0 aliphatic rings. The minimum absolute atomic E-state index is 0.0337. The molecule has 0 atom stereocenters. The van der Waals surface area contributed by atoms with E-state index in [1.807, 2.05) is 20.2 Å². The summed E-state index contributed by atoms with van der Waals surface area (Å²) in [6, 6.07) is 8.34. The minimum atomic E-state index is -0.0337. The largest absolute Gasteiger partial charge is 0.353 e. The Bertz CT molecular complexity index is 467. The molecule has 1 N–H and O–H groups in total. The lowest BCUT2D eigenvalue weighted by atomic mass is 9.87. The first-order chi connectivity index (χ1) is 9.79. The van der Waals surface area contributed by atoms with Crippen LogP contribution >= 0.6 is 0 Å². The standard InChI is InChI=1S/C18H28N2O/c1-18(2,3)16-10-7-15(8-11-16)9-12-17(21)19-13-6-14-20(4)5/h7-12H,6,13-14H2,1-5H3,(H,19,21). The van der Waals surface area contributed by atoms with Gasteiger partial charge in [0.25, 0.3) is 0 Å². The van der Waals surface area contributed by atoms with E-state index in [1.54, 1.807) is 6.08 Å². The highest BCUT2D eigenvalue weighted by Crippen LogP contribution is 2.22. The molecule has 0 spiro atoms. The Balaban J connectivity index is 2.43. The average molecular weight is 288 g/mol. The van der Waals surface area contributed by atoms with E-state index in [0.29, 0.717) is 6.54 Å². The number of hydrogen-bond donors (Lipinski definition) is 1. The SMILES string of the molecule is CN(C)CCCNC(=O)C=Cc1ccc(C(C)(C)C)cc1. The molecule has 0 saturated carbocycles. The molecule has 116 valence electrons. The van der Waals surface area contributed by atoms with Gasteiger partial charge in [-0.3, -0.25) is 4.79 Å². The molecular formula is C18H28N2O. The maximum atomic E-state index is 11.7. The Kier molecular flexibility index (Phi) is 6.63. The van der Waals surface area contributed by atoms with Crippen LogP contribution in [0.15, 0.2) is 30.3 Å². The van der Waals surface area contributed by atoms with Crippen molar-refractivity contribution in [1.82, 2.24) is 10.2 Å². The fourth-order valence-electron chi connectivity index (χ4n) is 1.93. The van der Waals surface area contributed by atoms with E-state index in [0.717, 1.165) is 18.5 Å². The first kappa shape index (κ1) is 17.4. The fourth-order valence-corrected chi connectivity index (χ4v) is 1.93. The summed E-state index contributed by atoms with van der Waals surface area (Å²) >= 11 is 0. The average Bonchev–Trinajstić information content (AvgIpc) is 2.40. The molecule has 0 heterocycles. The van der Waals surface area contributed by atoms with Gasteiger partial charge in [-0.25, -0.2) is 0 Å². The number of carbonyl (C=O) groups excluding carboxylic acids is 1. The first-order valence-corrected chi connectivity index (χ1v) is 7.50. The van der Waals surface area contributed by atoms with Crippen LogP contribution < -0.4 is 5.32 Å². The molecule has 3 heteroatoms. The van der Waals surface area contributed by atoms with E-state index in [9.17, 15) is 4.79 Å². The molecule has 3 nitrogen and oxygen atoms in total. The number of carbonyl (C=O) groups is 1. The second-order valence-corrected chi connectivity index (χ2v) is 6.65. The third-order valence-corrected chi connectivity index (χ3v) is 3.29. The number of hydrogen-bond acceptors (Lipinski definition) is 2. The van der Waals surface area contributed by atoms with Crippen LogP contribution in [0.5, 0.6) is 0 Å². The van der Waals surface area contributed by atoms with Crippen LogP contribution in [-0.4, -0.2) is 38.0 Å². The van der Waals surface area contributed by atoms with E-state index >= 15 is 0 Å². The summed E-state index contributed by atoms with van der Waals surface area (Å²) in [6.07, 6.45) is 4.42. The Morgan fingerprint density at radius 2 is 1.81 bits per heavy atom. The van der Waals surface area contributed by atoms with E-state index in [1.165, 1.54) is 5.56 Å². The summed E-state index contributed by atoms with van der Waals surface area (Å²) in [6.45, 7) is 8.28. The van der Waals surface area contributed by atoms with Gasteiger partial charge in [-0.2, -0.15) is 0 Å². The van der Waals surface area contributed by atoms with Crippen molar-refractivity contribution in [2.45, 2.75) is 32.6 Å². The molecule has 0 saturated heterocycles. The van der Waals surface area contributed by atoms with Gasteiger partial charge in [-0.1, -0.05) is 45.0 Å². The molecule has 0 radical (unpaired) electrons. The van der Waals surface area contributed by atoms with Gasteiger partial charge in [-0.15, -0.1) is 0 Å². The number of amides is 1. The second kappa shape index (κ2) is 7.99. The molecule has 1 rings (SSSR count). The van der Waals surface area contributed by atoms with E-state index < -0.39 is 0 Å². The van der Waals surface area contributed by atoms with Crippen molar-refractivity contribution in [3.05, 3.63) is 41.5 Å². The molecule has 0 aliphatic heterocycles. The van der Waals surface area contributed by atoms with Crippen LogP contribution in [0, 0.1) is 0 Å². The number of nitrogens with one attached hydrogen (secondary N) is 1. The van der Waals surface area contributed by atoms with Gasteiger partial charge >= 0.3 is 0 Å². The van der Waals surface area contributed by atoms with Gasteiger partial charge < -0.3 is 10.2 Å². The van der Waals surface area contributed by atoms with Crippen LogP contribution in [0.25, 0.3) is 6.08 Å². The number of benzene rings is 1. The monoisotopic (exact) mass is 288 g/mol. The molecule has 0 aliphatic carbocycles. The fraction of sp³-hybridized carbons (Fsp3) is 0.500. The highest BCUT2D eigenvalue weighted by molar-refractivity contribution is 5.91. The Hall–Kier alpha value is -1.61. The van der Waals surface area contributed by atoms with E-state index in [-0.39, 0.29) is 11.3 Å². The maximum Gasteiger partial charge on any atom is 0.243 e. The zero-order valence-electron chi connectivity index (χ0n) is 13.9. The van der Waals surface area contributed by atoms with E-state index in [2.05, 4.69) is 55.3 Å². The third-order valence-electron chi connectivity index (χ3n) is 3.29. The van der Waals surface area contributed by atoms with Crippen molar-refractivity contribution in [2.24, 2.45) is 0 Å². The predicted octanol–water partition coefficient (Wildman–Crippen LogP) is 3.07. The lowest BCUT2D eigenvalue weighted by Gasteiger charge is -2.18. The molecule has 0 aromatic heterocycles. The van der Waals surface area contributed by atoms with Gasteiger partial charge in [0.15, 0.2) is 0 Å². The summed E-state index contributed by atoms with van der Waals surface area (Å²) in [7, 11) is 4.06. The quantitative estimate of drug-likeness (QED) is 0.644. The topological polar surface area (TPSA) is 32.3 Å².